The molecule has 0 aliphatic carbocycles. The number of sulfonamides is 1. The molecular formula is C19H21N3O7S3. The van der Waals surface area contributed by atoms with Crippen molar-refractivity contribution in [2.45, 2.75) is 4.90 Å². The van der Waals surface area contributed by atoms with Crippen LogP contribution in [-0.2, 0) is 20.5 Å². The van der Waals surface area contributed by atoms with Crippen LogP contribution in [0, 0.1) is 0 Å². The number of hydrogen-bond donors (Lipinski definition) is 1. The SMILES string of the molecule is COc1cc(N=S(=O)=O)c(C(=O)Nc2ccc(S(=O)(=O)N3CCSCC3)cc2)cc1OC. The van der Waals surface area contributed by atoms with E-state index in [4.69, 9.17) is 9.47 Å². The predicted octanol–water partition coefficient (Wildman–Crippen LogP) is 2.39. The van der Waals surface area contributed by atoms with Gasteiger partial charge in [-0.2, -0.15) is 24.5 Å². The summed E-state index contributed by atoms with van der Waals surface area (Å²) in [6.07, 6.45) is 0. The third kappa shape index (κ3) is 5.41. The van der Waals surface area contributed by atoms with Crippen LogP contribution in [0.25, 0.3) is 0 Å². The predicted molar refractivity (Wildman–Crippen MR) is 121 cm³/mol. The summed E-state index contributed by atoms with van der Waals surface area (Å²) in [7, 11) is -3.66. The highest BCUT2D eigenvalue weighted by Gasteiger charge is 2.26. The monoisotopic (exact) mass is 499 g/mol. The van der Waals surface area contributed by atoms with E-state index in [1.165, 1.54) is 54.9 Å². The smallest absolute Gasteiger partial charge is 0.316 e. The molecular weight excluding hydrogens is 478 g/mol. The Morgan fingerprint density at radius 1 is 1.06 bits per heavy atom. The zero-order chi connectivity index (χ0) is 23.3. The Hall–Kier alpha value is -2.61. The first-order valence-electron chi connectivity index (χ1n) is 9.32. The van der Waals surface area contributed by atoms with E-state index in [1.807, 2.05) is 0 Å². The molecule has 1 aliphatic heterocycles. The number of nitrogens with one attached hydrogen (secondary N) is 1. The van der Waals surface area contributed by atoms with Gasteiger partial charge in [-0.1, -0.05) is 0 Å². The normalized spacial score (nSPS) is 14.4. The third-order valence-electron chi connectivity index (χ3n) is 4.64. The lowest BCUT2D eigenvalue weighted by Gasteiger charge is -2.25. The Kier molecular flexibility index (Phi) is 7.77. The summed E-state index contributed by atoms with van der Waals surface area (Å²) < 4.78 is 62.9. The van der Waals surface area contributed by atoms with Crippen LogP contribution in [-0.4, -0.2) is 65.9 Å². The average molecular weight is 500 g/mol. The minimum Gasteiger partial charge on any atom is -0.493 e. The van der Waals surface area contributed by atoms with Crippen molar-refractivity contribution < 1.29 is 31.1 Å². The number of amides is 1. The number of benzene rings is 2. The fourth-order valence-electron chi connectivity index (χ4n) is 3.05. The fraction of sp³-hybridized carbons (Fsp3) is 0.316. The van der Waals surface area contributed by atoms with Crippen molar-refractivity contribution >= 4 is 49.6 Å². The minimum atomic E-state index is -3.60. The molecule has 1 N–H and O–H groups in total. The molecule has 10 nitrogen and oxygen atoms in total. The van der Waals surface area contributed by atoms with Gasteiger partial charge in [0.05, 0.1) is 30.4 Å². The summed E-state index contributed by atoms with van der Waals surface area (Å²) in [4.78, 5) is 12.9. The fourth-order valence-corrected chi connectivity index (χ4v) is 5.94. The molecule has 0 radical (unpaired) electrons. The van der Waals surface area contributed by atoms with Gasteiger partial charge in [-0.05, 0) is 30.3 Å². The number of hydrogen-bond acceptors (Lipinski definition) is 9. The first-order valence-corrected chi connectivity index (χ1v) is 13.0. The zero-order valence-corrected chi connectivity index (χ0v) is 19.7. The Morgan fingerprint density at radius 3 is 2.22 bits per heavy atom. The lowest BCUT2D eigenvalue weighted by atomic mass is 10.1. The first-order chi connectivity index (χ1) is 15.3. The summed E-state index contributed by atoms with van der Waals surface area (Å²) >= 11 is 1.71. The first kappa shape index (κ1) is 24.0. The molecule has 0 atom stereocenters. The van der Waals surface area contributed by atoms with Crippen LogP contribution in [0.5, 0.6) is 11.5 Å². The molecule has 0 bridgehead atoms. The second-order valence-corrected chi connectivity index (χ2v) is 10.3. The number of thioether (sulfide) groups is 1. The average Bonchev–Trinajstić information content (AvgIpc) is 2.79. The van der Waals surface area contributed by atoms with E-state index in [2.05, 4.69) is 9.68 Å². The number of carbonyl (C=O) groups excluding carboxylic acids is 1. The standard InChI is InChI=1S/C19H21N3O7S3/c1-28-17-11-15(16(21-31(24)25)12-18(17)29-2)19(23)20-13-3-5-14(6-4-13)32(26,27)22-7-9-30-10-8-22/h3-6,11-12H,7-10H2,1-2H3,(H,20,23). The molecule has 13 heteroatoms. The van der Waals surface area contributed by atoms with Gasteiger partial charge in [-0.15, -0.1) is 4.36 Å². The Bertz CT molecular complexity index is 1230. The molecule has 1 heterocycles. The molecule has 2 aromatic carbocycles. The van der Waals surface area contributed by atoms with Crippen LogP contribution in [0.1, 0.15) is 10.4 Å². The molecule has 0 saturated carbocycles. The van der Waals surface area contributed by atoms with Gasteiger partial charge in [0.25, 0.3) is 5.91 Å². The van der Waals surface area contributed by atoms with Crippen LogP contribution >= 0.6 is 11.8 Å². The van der Waals surface area contributed by atoms with Crippen LogP contribution in [0.15, 0.2) is 45.7 Å². The van der Waals surface area contributed by atoms with Crippen LogP contribution in [0.3, 0.4) is 0 Å². The molecule has 1 amide bonds. The van der Waals surface area contributed by atoms with Gasteiger partial charge in [-0.25, -0.2) is 8.42 Å². The topological polar surface area (TPSA) is 131 Å². The van der Waals surface area contributed by atoms with Gasteiger partial charge >= 0.3 is 10.5 Å². The van der Waals surface area contributed by atoms with Crippen LogP contribution in [0.4, 0.5) is 11.4 Å². The molecule has 3 rings (SSSR count). The Morgan fingerprint density at radius 2 is 1.66 bits per heavy atom. The Balaban J connectivity index is 1.86. The van der Waals surface area contributed by atoms with Gasteiger partial charge in [0.1, 0.15) is 0 Å². The molecule has 1 fully saturated rings. The highest BCUT2D eigenvalue weighted by Crippen LogP contribution is 2.35. The summed E-state index contributed by atoms with van der Waals surface area (Å²) in [5.74, 6) is 1.27. The third-order valence-corrected chi connectivity index (χ3v) is 7.84. The van der Waals surface area contributed by atoms with Gasteiger partial charge < -0.3 is 14.8 Å². The number of anilines is 1. The summed E-state index contributed by atoms with van der Waals surface area (Å²) in [5.41, 5.74) is 0.136. The molecule has 0 spiro atoms. The molecule has 172 valence electrons. The largest absolute Gasteiger partial charge is 0.493 e. The number of carbonyl (C=O) groups is 1. The van der Waals surface area contributed by atoms with Crippen molar-refractivity contribution in [3.8, 4) is 11.5 Å². The highest BCUT2D eigenvalue weighted by molar-refractivity contribution is 7.99. The van der Waals surface area contributed by atoms with E-state index in [-0.39, 0.29) is 27.6 Å². The van der Waals surface area contributed by atoms with Crippen LogP contribution in [0.2, 0.25) is 0 Å². The minimum absolute atomic E-state index is 0.0608. The molecule has 1 saturated heterocycles. The van der Waals surface area contributed by atoms with Gasteiger partial charge in [0, 0.05) is 36.3 Å². The zero-order valence-electron chi connectivity index (χ0n) is 17.3. The maximum absolute atomic E-state index is 12.8. The van der Waals surface area contributed by atoms with E-state index < -0.39 is 26.4 Å². The second kappa shape index (κ2) is 10.3. The Labute approximate surface area is 191 Å². The van der Waals surface area contributed by atoms with Crippen molar-refractivity contribution in [3.63, 3.8) is 0 Å². The van der Waals surface area contributed by atoms with E-state index in [9.17, 15) is 21.6 Å². The van der Waals surface area contributed by atoms with Gasteiger partial charge in [-0.3, -0.25) is 4.79 Å². The summed E-state index contributed by atoms with van der Waals surface area (Å²) in [5, 5.41) is 2.61. The number of methoxy groups -OCH3 is 2. The molecule has 1 aliphatic rings. The van der Waals surface area contributed by atoms with Crippen molar-refractivity contribution in [2.24, 2.45) is 4.36 Å². The maximum Gasteiger partial charge on any atom is 0.316 e. The molecule has 0 aromatic heterocycles. The second-order valence-electron chi connectivity index (χ2n) is 6.53. The summed E-state index contributed by atoms with van der Waals surface area (Å²) in [6, 6.07) is 8.35. The van der Waals surface area contributed by atoms with Gasteiger partial charge in [0.15, 0.2) is 11.5 Å². The van der Waals surface area contributed by atoms with Crippen LogP contribution < -0.4 is 14.8 Å². The molecule has 0 unspecified atom stereocenters. The summed E-state index contributed by atoms with van der Waals surface area (Å²) in [6.45, 7) is 0.913. The maximum atomic E-state index is 12.8. The van der Waals surface area contributed by atoms with E-state index in [0.29, 0.717) is 18.8 Å². The number of ether oxygens (including phenoxy) is 2. The van der Waals surface area contributed by atoms with Crippen molar-refractivity contribution in [1.82, 2.24) is 4.31 Å². The van der Waals surface area contributed by atoms with Gasteiger partial charge in [0.2, 0.25) is 10.0 Å². The van der Waals surface area contributed by atoms with Crippen molar-refractivity contribution in [1.29, 1.82) is 0 Å². The van der Waals surface area contributed by atoms with E-state index in [0.717, 1.165) is 11.5 Å². The quantitative estimate of drug-likeness (QED) is 0.614. The van der Waals surface area contributed by atoms with E-state index in [1.54, 1.807) is 11.8 Å². The molecule has 32 heavy (non-hydrogen) atoms. The highest BCUT2D eigenvalue weighted by atomic mass is 32.2. The molecule has 2 aromatic rings. The van der Waals surface area contributed by atoms with Crippen molar-refractivity contribution in [2.75, 3.05) is 44.1 Å². The van der Waals surface area contributed by atoms with Crippen molar-refractivity contribution in [3.05, 3.63) is 42.0 Å². The lowest BCUT2D eigenvalue weighted by Crippen LogP contribution is -2.37. The van der Waals surface area contributed by atoms with E-state index >= 15 is 0 Å². The number of nitrogens with zero attached hydrogens (tertiary/aromatic N) is 2. The number of rotatable bonds is 7. The lowest BCUT2D eigenvalue weighted by molar-refractivity contribution is 0.102.